The van der Waals surface area contributed by atoms with E-state index in [1.165, 1.54) is 0 Å². The summed E-state index contributed by atoms with van der Waals surface area (Å²) in [5, 5.41) is 6.24. The summed E-state index contributed by atoms with van der Waals surface area (Å²) in [5.74, 6) is 0.0874. The first kappa shape index (κ1) is 14.2. The van der Waals surface area contributed by atoms with Crippen molar-refractivity contribution in [2.24, 2.45) is 0 Å². The van der Waals surface area contributed by atoms with Crippen LogP contribution in [0.5, 0.6) is 0 Å². The normalized spacial score (nSPS) is 16.7. The predicted molar refractivity (Wildman–Crippen MR) is 84.8 cm³/mol. The van der Waals surface area contributed by atoms with E-state index in [9.17, 15) is 9.59 Å². The third kappa shape index (κ3) is 2.47. The van der Waals surface area contributed by atoms with Crippen LogP contribution in [0.15, 0.2) is 29.6 Å². The second kappa shape index (κ2) is 5.58. The van der Waals surface area contributed by atoms with Crippen molar-refractivity contribution in [3.05, 3.63) is 35.2 Å². The maximum Gasteiger partial charge on any atom is 0.255 e. The largest absolute Gasteiger partial charge is 0.335 e. The number of hydrogen-bond donors (Lipinski definition) is 1. The number of hydrogen-bond acceptors (Lipinski definition) is 4. The maximum atomic E-state index is 12.6. The molecule has 110 valence electrons. The van der Waals surface area contributed by atoms with Crippen LogP contribution < -0.4 is 5.32 Å². The minimum Gasteiger partial charge on any atom is -0.335 e. The fourth-order valence-electron chi connectivity index (χ4n) is 2.92. The molecule has 0 spiro atoms. The molecule has 3 rings (SSSR count). The molecule has 1 aliphatic rings. The molecule has 1 N–H and O–H groups in total. The van der Waals surface area contributed by atoms with Gasteiger partial charge in [-0.3, -0.25) is 4.79 Å². The fourth-order valence-corrected chi connectivity index (χ4v) is 3.85. The summed E-state index contributed by atoms with van der Waals surface area (Å²) in [5.41, 5.74) is 0.693. The lowest BCUT2D eigenvalue weighted by Crippen LogP contribution is -2.69. The second-order valence-electron chi connectivity index (χ2n) is 5.54. The maximum absolute atomic E-state index is 12.6. The van der Waals surface area contributed by atoms with E-state index in [0.29, 0.717) is 19.5 Å². The molecule has 2 heterocycles. The van der Waals surface area contributed by atoms with E-state index in [4.69, 9.17) is 0 Å². The van der Waals surface area contributed by atoms with Crippen molar-refractivity contribution in [2.75, 3.05) is 20.1 Å². The SMILES string of the molecule is CNC1(CCC=O)CN(C(=O)c2csc3ccccc23)C1. The third-order valence-corrected chi connectivity index (χ3v) is 5.22. The van der Waals surface area contributed by atoms with E-state index in [0.717, 1.165) is 28.4 Å². The number of aldehydes is 1. The van der Waals surface area contributed by atoms with Crippen molar-refractivity contribution >= 4 is 33.6 Å². The molecule has 1 fully saturated rings. The first-order valence-electron chi connectivity index (χ1n) is 7.07. The molecule has 0 aliphatic carbocycles. The molecule has 4 nitrogen and oxygen atoms in total. The monoisotopic (exact) mass is 302 g/mol. The van der Waals surface area contributed by atoms with E-state index in [1.807, 2.05) is 41.6 Å². The lowest BCUT2D eigenvalue weighted by molar-refractivity contribution is -0.108. The molecule has 2 aromatic rings. The van der Waals surface area contributed by atoms with Gasteiger partial charge in [0, 0.05) is 35.0 Å². The average Bonchev–Trinajstić information content (AvgIpc) is 2.90. The summed E-state index contributed by atoms with van der Waals surface area (Å²) in [6, 6.07) is 7.98. The van der Waals surface area contributed by atoms with E-state index < -0.39 is 0 Å². The number of rotatable bonds is 5. The highest BCUT2D eigenvalue weighted by molar-refractivity contribution is 7.17. The van der Waals surface area contributed by atoms with Crippen LogP contribution >= 0.6 is 11.3 Å². The number of likely N-dealkylation sites (tertiary alicyclic amines) is 1. The number of benzene rings is 1. The molecule has 1 amide bonds. The molecule has 0 unspecified atom stereocenters. The Morgan fingerprint density at radius 2 is 2.19 bits per heavy atom. The number of carbonyl (C=O) groups excluding carboxylic acids is 2. The van der Waals surface area contributed by atoms with E-state index in [2.05, 4.69) is 5.32 Å². The van der Waals surface area contributed by atoms with Gasteiger partial charge in [-0.2, -0.15) is 0 Å². The lowest BCUT2D eigenvalue weighted by atomic mass is 9.85. The van der Waals surface area contributed by atoms with Gasteiger partial charge in [0.15, 0.2) is 0 Å². The van der Waals surface area contributed by atoms with Crippen LogP contribution in [0, 0.1) is 0 Å². The topological polar surface area (TPSA) is 49.4 Å². The van der Waals surface area contributed by atoms with Crippen molar-refractivity contribution < 1.29 is 9.59 Å². The number of nitrogens with one attached hydrogen (secondary N) is 1. The highest BCUT2D eigenvalue weighted by Gasteiger charge is 2.43. The Morgan fingerprint density at radius 1 is 1.43 bits per heavy atom. The van der Waals surface area contributed by atoms with Crippen LogP contribution in [0.2, 0.25) is 0 Å². The first-order chi connectivity index (χ1) is 10.2. The summed E-state index contributed by atoms with van der Waals surface area (Å²) < 4.78 is 1.14. The van der Waals surface area contributed by atoms with Crippen LogP contribution in [0.4, 0.5) is 0 Å². The quantitative estimate of drug-likeness (QED) is 0.862. The highest BCUT2D eigenvalue weighted by atomic mass is 32.1. The molecular formula is C16H18N2O2S. The van der Waals surface area contributed by atoms with Gasteiger partial charge in [-0.05, 0) is 19.5 Å². The van der Waals surface area contributed by atoms with E-state index in [-0.39, 0.29) is 11.4 Å². The molecule has 5 heteroatoms. The van der Waals surface area contributed by atoms with Gasteiger partial charge in [-0.15, -0.1) is 11.3 Å². The summed E-state index contributed by atoms with van der Waals surface area (Å²) in [6.07, 6.45) is 2.25. The van der Waals surface area contributed by atoms with Gasteiger partial charge in [0.05, 0.1) is 11.1 Å². The smallest absolute Gasteiger partial charge is 0.255 e. The molecule has 1 saturated heterocycles. The van der Waals surface area contributed by atoms with Crippen LogP contribution in [0.25, 0.3) is 10.1 Å². The first-order valence-corrected chi connectivity index (χ1v) is 7.95. The molecule has 0 bridgehead atoms. The van der Waals surface area contributed by atoms with Crippen LogP contribution in [-0.2, 0) is 4.79 Å². The van der Waals surface area contributed by atoms with Crippen molar-refractivity contribution in [3.63, 3.8) is 0 Å². The third-order valence-electron chi connectivity index (χ3n) is 4.26. The van der Waals surface area contributed by atoms with Crippen molar-refractivity contribution in [2.45, 2.75) is 18.4 Å². The number of carbonyl (C=O) groups is 2. The van der Waals surface area contributed by atoms with Gasteiger partial charge in [0.1, 0.15) is 6.29 Å². The van der Waals surface area contributed by atoms with Crippen molar-refractivity contribution in [3.8, 4) is 0 Å². The molecule has 0 saturated carbocycles. The second-order valence-corrected chi connectivity index (χ2v) is 6.45. The zero-order valence-electron chi connectivity index (χ0n) is 12.0. The van der Waals surface area contributed by atoms with Gasteiger partial charge >= 0.3 is 0 Å². The predicted octanol–water partition coefficient (Wildman–Crippen LogP) is 2.29. The molecule has 1 aromatic carbocycles. The van der Waals surface area contributed by atoms with Crippen molar-refractivity contribution in [1.82, 2.24) is 10.2 Å². The van der Waals surface area contributed by atoms with Gasteiger partial charge < -0.3 is 15.0 Å². The summed E-state index contributed by atoms with van der Waals surface area (Å²) in [7, 11) is 1.90. The minimum absolute atomic E-state index is 0.0874. The van der Waals surface area contributed by atoms with E-state index >= 15 is 0 Å². The lowest BCUT2D eigenvalue weighted by Gasteiger charge is -2.50. The number of amides is 1. The molecule has 0 atom stereocenters. The van der Waals surface area contributed by atoms with Gasteiger partial charge in [0.25, 0.3) is 5.91 Å². The molecule has 21 heavy (non-hydrogen) atoms. The average molecular weight is 302 g/mol. The number of fused-ring (bicyclic) bond motifs is 1. The molecular weight excluding hydrogens is 284 g/mol. The van der Waals surface area contributed by atoms with Gasteiger partial charge in [-0.1, -0.05) is 18.2 Å². The minimum atomic E-state index is -0.0948. The Balaban J connectivity index is 1.74. The highest BCUT2D eigenvalue weighted by Crippen LogP contribution is 2.31. The Hall–Kier alpha value is -1.72. The number of thiophene rings is 1. The Bertz CT molecular complexity index is 674. The standard InChI is InChI=1S/C16H18N2O2S/c1-17-16(7-4-8-19)10-18(11-16)15(20)13-9-21-14-6-3-2-5-12(13)14/h2-3,5-6,8-9,17H,4,7,10-11H2,1H3. The summed E-state index contributed by atoms with van der Waals surface area (Å²) in [4.78, 5) is 25.0. The Labute approximate surface area is 127 Å². The number of nitrogens with zero attached hydrogens (tertiary/aromatic N) is 1. The fraction of sp³-hybridized carbons (Fsp3) is 0.375. The molecule has 0 radical (unpaired) electrons. The van der Waals surface area contributed by atoms with Crippen LogP contribution in [0.1, 0.15) is 23.2 Å². The molecule has 1 aliphatic heterocycles. The zero-order valence-corrected chi connectivity index (χ0v) is 12.8. The van der Waals surface area contributed by atoms with E-state index in [1.54, 1.807) is 11.3 Å². The zero-order chi connectivity index (χ0) is 14.9. The van der Waals surface area contributed by atoms with Gasteiger partial charge in [0.2, 0.25) is 0 Å². The Morgan fingerprint density at radius 3 is 2.90 bits per heavy atom. The summed E-state index contributed by atoms with van der Waals surface area (Å²) in [6.45, 7) is 1.33. The Kier molecular flexibility index (Phi) is 3.78. The molecule has 1 aromatic heterocycles. The van der Waals surface area contributed by atoms with Crippen molar-refractivity contribution in [1.29, 1.82) is 0 Å². The van der Waals surface area contributed by atoms with Crippen LogP contribution in [0.3, 0.4) is 0 Å². The number of likely N-dealkylation sites (N-methyl/N-ethyl adjacent to an activating group) is 1. The van der Waals surface area contributed by atoms with Crippen LogP contribution in [-0.4, -0.2) is 42.8 Å². The summed E-state index contributed by atoms with van der Waals surface area (Å²) >= 11 is 1.60. The van der Waals surface area contributed by atoms with Gasteiger partial charge in [-0.25, -0.2) is 0 Å².